The minimum absolute atomic E-state index is 0.0590. The monoisotopic (exact) mass is 299 g/mol. The highest BCUT2D eigenvalue weighted by Crippen LogP contribution is 2.35. The minimum Gasteiger partial charge on any atom is -0.335 e. The van der Waals surface area contributed by atoms with E-state index in [4.69, 9.17) is 11.6 Å². The topological polar surface area (TPSA) is 20.3 Å². The molecule has 108 valence electrons. The summed E-state index contributed by atoms with van der Waals surface area (Å²) in [5, 5.41) is 0. The normalized spacial score (nSPS) is 16.6. The van der Waals surface area contributed by atoms with E-state index in [9.17, 15) is 4.79 Å². The number of fused-ring (bicyclic) bond motifs is 1. The Morgan fingerprint density at radius 3 is 2.86 bits per heavy atom. The molecule has 0 aliphatic heterocycles. The highest BCUT2D eigenvalue weighted by Gasteiger charge is 2.28. The van der Waals surface area contributed by atoms with Crippen molar-refractivity contribution in [3.63, 3.8) is 0 Å². The van der Waals surface area contributed by atoms with E-state index >= 15 is 0 Å². The molecule has 0 saturated heterocycles. The Balaban J connectivity index is 1.85. The highest BCUT2D eigenvalue weighted by atomic mass is 35.5. The van der Waals surface area contributed by atoms with Gasteiger partial charge in [-0.05, 0) is 41.7 Å². The van der Waals surface area contributed by atoms with Crippen LogP contribution in [0.25, 0.3) is 0 Å². The maximum Gasteiger partial charge on any atom is 0.254 e. The number of amides is 1. The van der Waals surface area contributed by atoms with Crippen molar-refractivity contribution in [2.24, 2.45) is 0 Å². The van der Waals surface area contributed by atoms with Crippen molar-refractivity contribution in [3.8, 4) is 0 Å². The number of nitrogens with zero attached hydrogens (tertiary/aromatic N) is 1. The molecule has 2 nitrogen and oxygen atoms in total. The Hall–Kier alpha value is -1.80. The predicted octanol–water partition coefficient (Wildman–Crippen LogP) is 4.18. The third-order valence-electron chi connectivity index (χ3n) is 4.22. The molecule has 21 heavy (non-hydrogen) atoms. The van der Waals surface area contributed by atoms with Crippen LogP contribution in [0.5, 0.6) is 0 Å². The number of hydrogen-bond acceptors (Lipinski definition) is 1. The van der Waals surface area contributed by atoms with Gasteiger partial charge in [-0.15, -0.1) is 11.6 Å². The maximum absolute atomic E-state index is 12.7. The van der Waals surface area contributed by atoms with E-state index in [0.29, 0.717) is 11.4 Å². The summed E-state index contributed by atoms with van der Waals surface area (Å²) in [5.74, 6) is 0.487. The fourth-order valence-corrected chi connectivity index (χ4v) is 3.24. The van der Waals surface area contributed by atoms with E-state index in [1.807, 2.05) is 42.3 Å². The van der Waals surface area contributed by atoms with E-state index in [-0.39, 0.29) is 11.9 Å². The van der Waals surface area contributed by atoms with Gasteiger partial charge in [0, 0.05) is 18.5 Å². The fourth-order valence-electron chi connectivity index (χ4n) is 3.07. The number of alkyl halides is 1. The van der Waals surface area contributed by atoms with E-state index in [1.165, 1.54) is 11.1 Å². The number of aryl methyl sites for hydroxylation is 1. The van der Waals surface area contributed by atoms with Gasteiger partial charge >= 0.3 is 0 Å². The van der Waals surface area contributed by atoms with Gasteiger partial charge in [0.25, 0.3) is 5.91 Å². The zero-order chi connectivity index (χ0) is 14.8. The molecule has 3 heteroatoms. The molecule has 1 unspecified atom stereocenters. The molecule has 1 aliphatic rings. The van der Waals surface area contributed by atoms with Gasteiger partial charge < -0.3 is 4.90 Å². The maximum atomic E-state index is 12.7. The molecule has 3 rings (SSSR count). The van der Waals surface area contributed by atoms with Crippen LogP contribution in [-0.4, -0.2) is 17.9 Å². The van der Waals surface area contributed by atoms with Crippen molar-refractivity contribution in [2.45, 2.75) is 24.8 Å². The van der Waals surface area contributed by atoms with Crippen molar-refractivity contribution < 1.29 is 4.79 Å². The zero-order valence-electron chi connectivity index (χ0n) is 12.1. The first-order chi connectivity index (χ1) is 10.2. The zero-order valence-corrected chi connectivity index (χ0v) is 12.8. The molecule has 0 saturated carbocycles. The standard InChI is InChI=1S/C18H18ClNO/c1-20(17-10-9-14-6-2-3-8-16(14)17)18(21)15-7-4-5-13(11-15)12-19/h2-8,11,17H,9-10,12H2,1H3. The second-order valence-electron chi connectivity index (χ2n) is 5.50. The van der Waals surface area contributed by atoms with E-state index in [2.05, 4.69) is 18.2 Å². The number of hydrogen-bond donors (Lipinski definition) is 0. The molecule has 0 bridgehead atoms. The second-order valence-corrected chi connectivity index (χ2v) is 5.77. The van der Waals surface area contributed by atoms with Gasteiger partial charge in [0.05, 0.1) is 6.04 Å². The predicted molar refractivity (Wildman–Crippen MR) is 85.6 cm³/mol. The van der Waals surface area contributed by atoms with Crippen LogP contribution in [0, 0.1) is 0 Å². The van der Waals surface area contributed by atoms with Gasteiger partial charge in [0.2, 0.25) is 0 Å². The van der Waals surface area contributed by atoms with Gasteiger partial charge in [0.15, 0.2) is 0 Å². The molecule has 0 N–H and O–H groups in total. The van der Waals surface area contributed by atoms with Gasteiger partial charge in [-0.25, -0.2) is 0 Å². The molecule has 0 radical (unpaired) electrons. The minimum atomic E-state index is 0.0590. The van der Waals surface area contributed by atoms with E-state index < -0.39 is 0 Å². The number of carbonyl (C=O) groups excluding carboxylic acids is 1. The summed E-state index contributed by atoms with van der Waals surface area (Å²) >= 11 is 5.85. The summed E-state index contributed by atoms with van der Waals surface area (Å²) in [7, 11) is 1.89. The van der Waals surface area contributed by atoms with Crippen molar-refractivity contribution in [1.29, 1.82) is 0 Å². The molecule has 2 aromatic carbocycles. The summed E-state index contributed by atoms with van der Waals surface area (Å²) in [4.78, 5) is 14.6. The molecule has 1 aliphatic carbocycles. The molecule has 0 spiro atoms. The summed E-state index contributed by atoms with van der Waals surface area (Å²) in [6.07, 6.45) is 2.04. The third kappa shape index (κ3) is 2.68. The Morgan fingerprint density at radius 2 is 2.05 bits per heavy atom. The number of carbonyl (C=O) groups is 1. The molecule has 0 fully saturated rings. The van der Waals surface area contributed by atoms with Crippen LogP contribution < -0.4 is 0 Å². The molecular formula is C18H18ClNO. The molecular weight excluding hydrogens is 282 g/mol. The summed E-state index contributed by atoms with van der Waals surface area (Å²) in [6, 6.07) is 16.1. The first-order valence-corrected chi connectivity index (χ1v) is 7.74. The van der Waals surface area contributed by atoms with Crippen LogP contribution >= 0.6 is 11.6 Å². The lowest BCUT2D eigenvalue weighted by molar-refractivity contribution is 0.0730. The molecule has 0 aromatic heterocycles. The van der Waals surface area contributed by atoms with Crippen LogP contribution in [0.3, 0.4) is 0 Å². The van der Waals surface area contributed by atoms with Gasteiger partial charge in [-0.1, -0.05) is 36.4 Å². The van der Waals surface area contributed by atoms with Crippen LogP contribution in [0.1, 0.15) is 39.5 Å². The summed E-state index contributed by atoms with van der Waals surface area (Å²) in [5.41, 5.74) is 4.32. The highest BCUT2D eigenvalue weighted by molar-refractivity contribution is 6.17. The van der Waals surface area contributed by atoms with Gasteiger partial charge in [0.1, 0.15) is 0 Å². The van der Waals surface area contributed by atoms with Crippen LogP contribution in [-0.2, 0) is 12.3 Å². The lowest BCUT2D eigenvalue weighted by Gasteiger charge is -2.25. The summed E-state index contributed by atoms with van der Waals surface area (Å²) < 4.78 is 0. The molecule has 1 amide bonds. The first kappa shape index (κ1) is 14.2. The van der Waals surface area contributed by atoms with Crippen LogP contribution in [0.2, 0.25) is 0 Å². The Kier molecular flexibility index (Phi) is 3.98. The Morgan fingerprint density at radius 1 is 1.24 bits per heavy atom. The average molecular weight is 300 g/mol. The second kappa shape index (κ2) is 5.90. The van der Waals surface area contributed by atoms with Crippen molar-refractivity contribution in [3.05, 3.63) is 70.8 Å². The number of benzene rings is 2. The lowest BCUT2D eigenvalue weighted by Crippen LogP contribution is -2.30. The lowest BCUT2D eigenvalue weighted by atomic mass is 10.1. The third-order valence-corrected chi connectivity index (χ3v) is 4.53. The molecule has 2 aromatic rings. The average Bonchev–Trinajstić information content (AvgIpc) is 2.97. The number of halogens is 1. The fraction of sp³-hybridized carbons (Fsp3) is 0.278. The Bertz CT molecular complexity index is 668. The Labute approximate surface area is 130 Å². The van der Waals surface area contributed by atoms with Crippen LogP contribution in [0.4, 0.5) is 0 Å². The van der Waals surface area contributed by atoms with Gasteiger partial charge in [-0.2, -0.15) is 0 Å². The van der Waals surface area contributed by atoms with Crippen LogP contribution in [0.15, 0.2) is 48.5 Å². The number of rotatable bonds is 3. The first-order valence-electron chi connectivity index (χ1n) is 7.20. The van der Waals surface area contributed by atoms with E-state index in [1.54, 1.807) is 0 Å². The molecule has 0 heterocycles. The summed E-state index contributed by atoms with van der Waals surface area (Å²) in [6.45, 7) is 0. The van der Waals surface area contributed by atoms with Gasteiger partial charge in [-0.3, -0.25) is 4.79 Å². The van der Waals surface area contributed by atoms with Crippen molar-refractivity contribution >= 4 is 17.5 Å². The van der Waals surface area contributed by atoms with Crippen molar-refractivity contribution in [2.75, 3.05) is 7.05 Å². The molecule has 1 atom stereocenters. The van der Waals surface area contributed by atoms with Crippen molar-refractivity contribution in [1.82, 2.24) is 4.90 Å². The van der Waals surface area contributed by atoms with E-state index in [0.717, 1.165) is 18.4 Å². The SMILES string of the molecule is CN(C(=O)c1cccc(CCl)c1)C1CCc2ccccc21. The smallest absolute Gasteiger partial charge is 0.254 e. The largest absolute Gasteiger partial charge is 0.335 e. The quantitative estimate of drug-likeness (QED) is 0.778.